The van der Waals surface area contributed by atoms with E-state index in [0.717, 1.165) is 42.0 Å². The van der Waals surface area contributed by atoms with E-state index >= 15 is 0 Å². The Morgan fingerprint density at radius 1 is 1.17 bits per heavy atom. The second kappa shape index (κ2) is 8.57. The molecule has 0 atom stereocenters. The zero-order valence-corrected chi connectivity index (χ0v) is 17.4. The van der Waals surface area contributed by atoms with Crippen molar-refractivity contribution in [3.8, 4) is 0 Å². The largest absolute Gasteiger partial charge is 0.361 e. The van der Waals surface area contributed by atoms with Crippen molar-refractivity contribution in [3.63, 3.8) is 0 Å². The number of carbonyl (C=O) groups excluding carboxylic acids is 1. The van der Waals surface area contributed by atoms with Gasteiger partial charge in [-0.15, -0.1) is 0 Å². The molecule has 0 aromatic heterocycles. The van der Waals surface area contributed by atoms with Gasteiger partial charge < -0.3 is 10.6 Å². The van der Waals surface area contributed by atoms with Gasteiger partial charge in [-0.1, -0.05) is 48.9 Å². The number of amides is 1. The first-order valence-corrected chi connectivity index (χ1v) is 11.2. The third-order valence-electron chi connectivity index (χ3n) is 5.57. The highest BCUT2D eigenvalue weighted by atomic mass is 32.2. The van der Waals surface area contributed by atoms with Crippen molar-refractivity contribution in [2.75, 3.05) is 16.4 Å². The molecule has 6 heteroatoms. The van der Waals surface area contributed by atoms with E-state index in [4.69, 9.17) is 4.99 Å². The smallest absolute Gasteiger partial charge is 0.234 e. The SMILES string of the molecule is Cc1ccc(NC(=O)CSC2=NC3(CCCCCC3)Nc3ccccc32)cc1F. The summed E-state index contributed by atoms with van der Waals surface area (Å²) in [5.74, 6) is -0.243. The van der Waals surface area contributed by atoms with E-state index in [-0.39, 0.29) is 23.1 Å². The lowest BCUT2D eigenvalue weighted by Gasteiger charge is -2.36. The van der Waals surface area contributed by atoms with Gasteiger partial charge in [0.2, 0.25) is 5.91 Å². The number of thioether (sulfide) groups is 1. The first kappa shape index (κ1) is 20.0. The van der Waals surface area contributed by atoms with Crippen LogP contribution in [0.3, 0.4) is 0 Å². The van der Waals surface area contributed by atoms with Crippen LogP contribution in [0.25, 0.3) is 0 Å². The fourth-order valence-electron chi connectivity index (χ4n) is 3.97. The molecule has 0 saturated heterocycles. The summed E-state index contributed by atoms with van der Waals surface area (Å²) in [7, 11) is 0. The van der Waals surface area contributed by atoms with Gasteiger partial charge in [-0.3, -0.25) is 4.79 Å². The molecular weight excluding hydrogens is 385 g/mol. The van der Waals surface area contributed by atoms with Crippen molar-refractivity contribution in [2.24, 2.45) is 4.99 Å². The predicted molar refractivity (Wildman–Crippen MR) is 119 cm³/mol. The lowest BCUT2D eigenvalue weighted by molar-refractivity contribution is -0.113. The molecule has 0 radical (unpaired) electrons. The van der Waals surface area contributed by atoms with Crippen molar-refractivity contribution < 1.29 is 9.18 Å². The molecule has 0 unspecified atom stereocenters. The summed E-state index contributed by atoms with van der Waals surface area (Å²) in [6.07, 6.45) is 6.85. The Hall–Kier alpha value is -2.34. The fourth-order valence-corrected chi connectivity index (χ4v) is 4.89. The Morgan fingerprint density at radius 2 is 1.93 bits per heavy atom. The fraction of sp³-hybridized carbons (Fsp3) is 0.391. The quantitative estimate of drug-likeness (QED) is 0.678. The summed E-state index contributed by atoms with van der Waals surface area (Å²) in [5, 5.41) is 7.37. The Kier molecular flexibility index (Phi) is 5.90. The maximum atomic E-state index is 13.7. The van der Waals surface area contributed by atoms with Crippen LogP contribution in [0.5, 0.6) is 0 Å². The average Bonchev–Trinajstić information content (AvgIpc) is 2.94. The number of nitrogens with one attached hydrogen (secondary N) is 2. The zero-order chi connectivity index (χ0) is 20.3. The first-order chi connectivity index (χ1) is 14.0. The lowest BCUT2D eigenvalue weighted by atomic mass is 9.97. The molecule has 1 aliphatic carbocycles. The average molecular weight is 412 g/mol. The summed E-state index contributed by atoms with van der Waals surface area (Å²) in [4.78, 5) is 17.6. The van der Waals surface area contributed by atoms with E-state index in [1.165, 1.54) is 30.7 Å². The highest BCUT2D eigenvalue weighted by Gasteiger charge is 2.35. The van der Waals surface area contributed by atoms with Gasteiger partial charge in [-0.2, -0.15) is 0 Å². The van der Waals surface area contributed by atoms with Crippen LogP contribution in [-0.4, -0.2) is 22.4 Å². The maximum absolute atomic E-state index is 13.7. The van der Waals surface area contributed by atoms with Crippen LogP contribution in [-0.2, 0) is 4.79 Å². The highest BCUT2D eigenvalue weighted by Crippen LogP contribution is 2.39. The number of anilines is 2. The van der Waals surface area contributed by atoms with Crippen molar-refractivity contribution in [3.05, 3.63) is 59.4 Å². The van der Waals surface area contributed by atoms with Crippen LogP contribution in [0.15, 0.2) is 47.5 Å². The van der Waals surface area contributed by atoms with Crippen LogP contribution in [0.1, 0.15) is 49.7 Å². The van der Waals surface area contributed by atoms with Crippen molar-refractivity contribution >= 4 is 34.1 Å². The number of fused-ring (bicyclic) bond motifs is 1. The Bertz CT molecular complexity index is 935. The molecule has 4 nitrogen and oxygen atoms in total. The van der Waals surface area contributed by atoms with Gasteiger partial charge in [0.15, 0.2) is 0 Å². The molecule has 29 heavy (non-hydrogen) atoms. The minimum absolute atomic E-state index is 0.160. The summed E-state index contributed by atoms with van der Waals surface area (Å²) >= 11 is 1.45. The number of nitrogens with zero attached hydrogens (tertiary/aromatic N) is 1. The number of aliphatic imine (C=N–C) groups is 1. The molecule has 2 aromatic rings. The Morgan fingerprint density at radius 3 is 2.69 bits per heavy atom. The van der Waals surface area contributed by atoms with E-state index in [9.17, 15) is 9.18 Å². The molecule has 1 saturated carbocycles. The number of rotatable bonds is 3. The van der Waals surface area contributed by atoms with Crippen molar-refractivity contribution in [1.82, 2.24) is 0 Å². The molecule has 1 aliphatic heterocycles. The first-order valence-electron chi connectivity index (χ1n) is 10.2. The summed E-state index contributed by atoms with van der Waals surface area (Å²) in [6, 6.07) is 12.9. The van der Waals surface area contributed by atoms with Crippen LogP contribution in [0, 0.1) is 12.7 Å². The predicted octanol–water partition coefficient (Wildman–Crippen LogP) is 5.73. The number of halogens is 1. The van der Waals surface area contributed by atoms with E-state index in [1.807, 2.05) is 18.2 Å². The standard InChI is InChI=1S/C23H26FN3OS/c1-16-10-11-17(14-19(16)24)25-21(28)15-29-22-18-8-4-5-9-20(18)26-23(27-22)12-6-2-3-7-13-23/h4-5,8-11,14,26H,2-3,6-7,12-13,15H2,1H3,(H,25,28). The Balaban J connectivity index is 1.49. The van der Waals surface area contributed by atoms with Crippen LogP contribution < -0.4 is 10.6 Å². The van der Waals surface area contributed by atoms with Gasteiger partial charge in [-0.25, -0.2) is 9.38 Å². The van der Waals surface area contributed by atoms with E-state index in [0.29, 0.717) is 11.3 Å². The second-order valence-corrected chi connectivity index (χ2v) is 8.80. The van der Waals surface area contributed by atoms with E-state index in [1.54, 1.807) is 19.1 Å². The number of hydrogen-bond donors (Lipinski definition) is 2. The van der Waals surface area contributed by atoms with Crippen molar-refractivity contribution in [1.29, 1.82) is 0 Å². The summed E-state index contributed by atoms with van der Waals surface area (Å²) < 4.78 is 13.7. The monoisotopic (exact) mass is 411 g/mol. The molecule has 2 N–H and O–H groups in total. The Labute approximate surface area is 175 Å². The minimum atomic E-state index is -0.317. The third-order valence-corrected chi connectivity index (χ3v) is 6.56. The highest BCUT2D eigenvalue weighted by molar-refractivity contribution is 8.15. The summed E-state index contributed by atoms with van der Waals surface area (Å²) in [6.45, 7) is 1.70. The topological polar surface area (TPSA) is 53.5 Å². The van der Waals surface area contributed by atoms with Crippen LogP contribution in [0.2, 0.25) is 0 Å². The molecule has 2 aliphatic rings. The van der Waals surface area contributed by atoms with E-state index in [2.05, 4.69) is 16.7 Å². The van der Waals surface area contributed by atoms with Gasteiger partial charge in [0, 0.05) is 16.9 Å². The third kappa shape index (κ3) is 4.64. The number of hydrogen-bond acceptors (Lipinski definition) is 4. The van der Waals surface area contributed by atoms with Gasteiger partial charge in [-0.05, 0) is 56.4 Å². The molecule has 1 spiro atoms. The number of carbonyl (C=O) groups is 1. The second-order valence-electron chi connectivity index (χ2n) is 7.83. The molecule has 1 fully saturated rings. The van der Waals surface area contributed by atoms with Crippen LogP contribution in [0.4, 0.5) is 15.8 Å². The van der Waals surface area contributed by atoms with Crippen molar-refractivity contribution in [2.45, 2.75) is 51.1 Å². The number of benzene rings is 2. The van der Waals surface area contributed by atoms with Gasteiger partial charge in [0.25, 0.3) is 0 Å². The normalized spacial score (nSPS) is 17.7. The van der Waals surface area contributed by atoms with Gasteiger partial charge in [0.05, 0.1) is 5.75 Å². The number of para-hydroxylation sites is 1. The van der Waals surface area contributed by atoms with E-state index < -0.39 is 0 Å². The molecule has 1 heterocycles. The molecule has 1 amide bonds. The number of aryl methyl sites for hydroxylation is 1. The van der Waals surface area contributed by atoms with Crippen LogP contribution >= 0.6 is 11.8 Å². The molecule has 4 rings (SSSR count). The van der Waals surface area contributed by atoms with Gasteiger partial charge in [0.1, 0.15) is 16.5 Å². The zero-order valence-electron chi connectivity index (χ0n) is 16.6. The molecule has 0 bridgehead atoms. The molecular formula is C23H26FN3OS. The molecule has 152 valence electrons. The van der Waals surface area contributed by atoms with Gasteiger partial charge >= 0.3 is 0 Å². The molecule has 2 aromatic carbocycles. The lowest BCUT2D eigenvalue weighted by Crippen LogP contribution is -2.40. The maximum Gasteiger partial charge on any atom is 0.234 e. The minimum Gasteiger partial charge on any atom is -0.361 e. The summed E-state index contributed by atoms with van der Waals surface area (Å²) in [5.41, 5.74) is 2.91.